The van der Waals surface area contributed by atoms with E-state index in [9.17, 15) is 14.7 Å². The quantitative estimate of drug-likeness (QED) is 0.528. The largest absolute Gasteiger partial charge is 0.388 e. The fourth-order valence-corrected chi connectivity index (χ4v) is 3.32. The van der Waals surface area contributed by atoms with Crippen LogP contribution in [0.2, 0.25) is 0 Å². The minimum Gasteiger partial charge on any atom is -0.388 e. The lowest BCUT2D eigenvalue weighted by atomic mass is 9.97. The third-order valence-electron chi connectivity index (χ3n) is 3.90. The second-order valence-electron chi connectivity index (χ2n) is 5.69. The van der Waals surface area contributed by atoms with Gasteiger partial charge >= 0.3 is 11.8 Å². The van der Waals surface area contributed by atoms with Crippen LogP contribution in [0.5, 0.6) is 0 Å². The van der Waals surface area contributed by atoms with Gasteiger partial charge in [-0.15, -0.1) is 11.3 Å². The van der Waals surface area contributed by atoms with Gasteiger partial charge in [-0.2, -0.15) is 0 Å². The number of allylic oxidation sites excluding steroid dienone is 1. The summed E-state index contributed by atoms with van der Waals surface area (Å²) >= 11 is 1.47. The van der Waals surface area contributed by atoms with Crippen LogP contribution in [0.3, 0.4) is 0 Å². The third-order valence-corrected chi connectivity index (χ3v) is 4.87. The van der Waals surface area contributed by atoms with Crippen molar-refractivity contribution in [3.05, 3.63) is 34.0 Å². The van der Waals surface area contributed by atoms with Gasteiger partial charge in [0.2, 0.25) is 0 Å². The van der Waals surface area contributed by atoms with Crippen molar-refractivity contribution in [2.75, 3.05) is 13.1 Å². The maximum atomic E-state index is 11.7. The number of aliphatic hydroxyl groups excluding tert-OH is 1. The molecule has 1 aromatic heterocycles. The average Bonchev–Trinajstić information content (AvgIpc) is 3.10. The first-order valence-corrected chi connectivity index (χ1v) is 9.00. The number of carbonyl (C=O) groups is 2. The number of amides is 2. The fourth-order valence-electron chi connectivity index (χ4n) is 2.57. The monoisotopic (exact) mass is 336 g/mol. The van der Waals surface area contributed by atoms with Gasteiger partial charge in [0.1, 0.15) is 0 Å². The predicted molar refractivity (Wildman–Crippen MR) is 91.1 cm³/mol. The van der Waals surface area contributed by atoms with Crippen LogP contribution in [0.25, 0.3) is 0 Å². The highest BCUT2D eigenvalue weighted by Gasteiger charge is 2.14. The highest BCUT2D eigenvalue weighted by molar-refractivity contribution is 7.10. The maximum absolute atomic E-state index is 11.7. The molecule has 0 saturated carbocycles. The Morgan fingerprint density at radius 1 is 1.22 bits per heavy atom. The van der Waals surface area contributed by atoms with Gasteiger partial charge in [-0.1, -0.05) is 17.7 Å². The Kier molecular flexibility index (Phi) is 7.29. The number of rotatable bonds is 7. The standard InChI is InChI=1S/C17H24N2O3S/c20-14(15-7-4-12-23-15)9-11-19-17(22)16(21)18-10-8-13-5-2-1-3-6-13/h4-5,7,12,14,20H,1-3,6,8-11H2,(H,18,21)(H,19,22)/t14-/m0/s1. The molecule has 0 radical (unpaired) electrons. The van der Waals surface area contributed by atoms with Crippen LogP contribution in [0, 0.1) is 0 Å². The fraction of sp³-hybridized carbons (Fsp3) is 0.529. The van der Waals surface area contributed by atoms with E-state index in [4.69, 9.17) is 0 Å². The van der Waals surface area contributed by atoms with E-state index < -0.39 is 17.9 Å². The predicted octanol–water partition coefficient (Wildman–Crippen LogP) is 2.29. The summed E-state index contributed by atoms with van der Waals surface area (Å²) < 4.78 is 0. The molecule has 2 rings (SSSR count). The van der Waals surface area contributed by atoms with Gasteiger partial charge < -0.3 is 15.7 Å². The maximum Gasteiger partial charge on any atom is 0.309 e. The highest BCUT2D eigenvalue weighted by Crippen LogP contribution is 2.21. The molecule has 1 heterocycles. The molecule has 0 aromatic carbocycles. The normalized spacial score (nSPS) is 15.6. The summed E-state index contributed by atoms with van der Waals surface area (Å²) in [5.41, 5.74) is 1.37. The summed E-state index contributed by atoms with van der Waals surface area (Å²) in [7, 11) is 0. The summed E-state index contributed by atoms with van der Waals surface area (Å²) in [5, 5.41) is 17.0. The van der Waals surface area contributed by atoms with Gasteiger partial charge in [-0.3, -0.25) is 9.59 Å². The van der Waals surface area contributed by atoms with Gasteiger partial charge in [0.25, 0.3) is 0 Å². The molecular weight excluding hydrogens is 312 g/mol. The van der Waals surface area contributed by atoms with E-state index in [2.05, 4.69) is 16.7 Å². The zero-order valence-corrected chi connectivity index (χ0v) is 14.0. The Hall–Kier alpha value is -1.66. The van der Waals surface area contributed by atoms with Crippen molar-refractivity contribution in [3.8, 4) is 0 Å². The van der Waals surface area contributed by atoms with E-state index in [0.717, 1.165) is 24.1 Å². The molecule has 126 valence electrons. The number of hydrogen-bond donors (Lipinski definition) is 3. The van der Waals surface area contributed by atoms with Crippen LogP contribution in [0.1, 0.15) is 49.5 Å². The summed E-state index contributed by atoms with van der Waals surface area (Å²) in [6.07, 6.45) is 7.53. The highest BCUT2D eigenvalue weighted by atomic mass is 32.1. The van der Waals surface area contributed by atoms with E-state index in [0.29, 0.717) is 13.0 Å². The molecule has 0 unspecified atom stereocenters. The zero-order valence-electron chi connectivity index (χ0n) is 13.2. The summed E-state index contributed by atoms with van der Waals surface area (Å²) in [5.74, 6) is -1.24. The first kappa shape index (κ1) is 17.7. The lowest BCUT2D eigenvalue weighted by Crippen LogP contribution is -2.40. The number of hydrogen-bond acceptors (Lipinski definition) is 4. The molecule has 1 aliphatic rings. The Bertz CT molecular complexity index is 540. The topological polar surface area (TPSA) is 78.4 Å². The molecule has 0 bridgehead atoms. The van der Waals surface area contributed by atoms with Gasteiger partial charge in [0, 0.05) is 18.0 Å². The van der Waals surface area contributed by atoms with Crippen molar-refractivity contribution in [2.24, 2.45) is 0 Å². The van der Waals surface area contributed by atoms with Crippen LogP contribution >= 0.6 is 11.3 Å². The second kappa shape index (κ2) is 9.47. The van der Waals surface area contributed by atoms with Gasteiger partial charge in [-0.25, -0.2) is 0 Å². The lowest BCUT2D eigenvalue weighted by Gasteiger charge is -2.13. The van der Waals surface area contributed by atoms with Crippen LogP contribution in [-0.4, -0.2) is 30.0 Å². The Morgan fingerprint density at radius 2 is 2.00 bits per heavy atom. The van der Waals surface area contributed by atoms with Crippen molar-refractivity contribution < 1.29 is 14.7 Å². The summed E-state index contributed by atoms with van der Waals surface area (Å²) in [4.78, 5) is 24.2. The van der Waals surface area contributed by atoms with E-state index in [1.807, 2.05) is 17.5 Å². The molecule has 0 fully saturated rings. The molecule has 3 N–H and O–H groups in total. The number of aliphatic hydroxyl groups is 1. The van der Waals surface area contributed by atoms with Crippen molar-refractivity contribution in [1.29, 1.82) is 0 Å². The minimum atomic E-state index is -0.638. The SMILES string of the molecule is O=C(NCCC1=CCCCC1)C(=O)NCC[C@H](O)c1cccs1. The van der Waals surface area contributed by atoms with Gasteiger partial charge in [0.05, 0.1) is 6.10 Å². The molecule has 0 aliphatic heterocycles. The van der Waals surface area contributed by atoms with Crippen molar-refractivity contribution in [1.82, 2.24) is 10.6 Å². The molecule has 1 atom stereocenters. The first-order valence-electron chi connectivity index (χ1n) is 8.12. The molecular formula is C17H24N2O3S. The van der Waals surface area contributed by atoms with E-state index in [1.54, 1.807) is 0 Å². The average molecular weight is 336 g/mol. The van der Waals surface area contributed by atoms with Crippen LogP contribution in [0.4, 0.5) is 0 Å². The summed E-state index contributed by atoms with van der Waals surface area (Å²) in [6.45, 7) is 0.770. The Balaban J connectivity index is 1.59. The lowest BCUT2D eigenvalue weighted by molar-refractivity contribution is -0.139. The van der Waals surface area contributed by atoms with Crippen LogP contribution in [0.15, 0.2) is 29.2 Å². The molecule has 1 aromatic rings. The number of thiophene rings is 1. The van der Waals surface area contributed by atoms with Crippen molar-refractivity contribution in [2.45, 2.75) is 44.6 Å². The van der Waals surface area contributed by atoms with Crippen molar-refractivity contribution in [3.63, 3.8) is 0 Å². The number of carbonyl (C=O) groups excluding carboxylic acids is 2. The molecule has 6 heteroatoms. The minimum absolute atomic E-state index is 0.274. The van der Waals surface area contributed by atoms with Gasteiger partial charge in [0.15, 0.2) is 0 Å². The Labute approximate surface area is 140 Å². The van der Waals surface area contributed by atoms with Crippen LogP contribution in [-0.2, 0) is 9.59 Å². The molecule has 0 spiro atoms. The number of nitrogens with one attached hydrogen (secondary N) is 2. The van der Waals surface area contributed by atoms with E-state index >= 15 is 0 Å². The van der Waals surface area contributed by atoms with E-state index in [-0.39, 0.29) is 6.54 Å². The smallest absolute Gasteiger partial charge is 0.309 e. The molecule has 23 heavy (non-hydrogen) atoms. The Morgan fingerprint density at radius 3 is 2.65 bits per heavy atom. The molecule has 5 nitrogen and oxygen atoms in total. The van der Waals surface area contributed by atoms with Crippen molar-refractivity contribution >= 4 is 23.2 Å². The molecule has 2 amide bonds. The van der Waals surface area contributed by atoms with E-state index in [1.165, 1.54) is 29.8 Å². The summed E-state index contributed by atoms with van der Waals surface area (Å²) in [6, 6.07) is 3.72. The second-order valence-corrected chi connectivity index (χ2v) is 6.67. The molecule has 0 saturated heterocycles. The zero-order chi connectivity index (χ0) is 16.5. The van der Waals surface area contributed by atoms with Gasteiger partial charge in [-0.05, 0) is 50.0 Å². The first-order chi connectivity index (χ1) is 11.2. The third kappa shape index (κ3) is 6.15. The van der Waals surface area contributed by atoms with Crippen LogP contribution < -0.4 is 10.6 Å². The molecule has 1 aliphatic carbocycles.